The van der Waals surface area contributed by atoms with Crippen LogP contribution in [0.3, 0.4) is 0 Å². The van der Waals surface area contributed by atoms with Crippen LogP contribution in [0.15, 0.2) is 17.5 Å². The predicted octanol–water partition coefficient (Wildman–Crippen LogP) is 3.30. The number of halogens is 1. The second-order valence-corrected chi connectivity index (χ2v) is 4.02. The molecule has 0 atom stereocenters. The number of hydrogen-bond donors (Lipinski definition) is 0. The van der Waals surface area contributed by atoms with E-state index in [1.54, 1.807) is 17.5 Å². The van der Waals surface area contributed by atoms with Gasteiger partial charge in [-0.2, -0.15) is 10.5 Å². The first kappa shape index (κ1) is 9.02. The molecule has 0 fully saturated rings. The molecule has 1 aromatic heterocycles. The minimum atomic E-state index is 0.375. The van der Waals surface area contributed by atoms with Crippen molar-refractivity contribution in [2.75, 3.05) is 0 Å². The molecule has 0 N–H and O–H groups in total. The third-order valence-electron chi connectivity index (χ3n) is 1.91. The fraction of sp³-hybridized carbons (Fsp3) is 0. The van der Waals surface area contributed by atoms with Crippen molar-refractivity contribution in [3.05, 3.63) is 33.7 Å². The van der Waals surface area contributed by atoms with E-state index in [2.05, 4.69) is 0 Å². The number of nitriles is 2. The van der Waals surface area contributed by atoms with Crippen LogP contribution in [0.4, 0.5) is 0 Å². The summed E-state index contributed by atoms with van der Waals surface area (Å²) in [6.07, 6.45) is 0. The zero-order valence-electron chi connectivity index (χ0n) is 6.91. The van der Waals surface area contributed by atoms with Crippen LogP contribution in [0.5, 0.6) is 0 Å². The highest BCUT2D eigenvalue weighted by Gasteiger charge is 2.07. The average Bonchev–Trinajstić information content (AvgIpc) is 2.58. The summed E-state index contributed by atoms with van der Waals surface area (Å²) in [5.41, 5.74) is 0.777. The molecule has 1 heterocycles. The van der Waals surface area contributed by atoms with Gasteiger partial charge in [0.25, 0.3) is 0 Å². The third kappa shape index (κ3) is 1.24. The first-order valence-corrected chi connectivity index (χ1v) is 5.03. The molecule has 2 nitrogen and oxygen atoms in total. The number of nitrogens with zero attached hydrogens (tertiary/aromatic N) is 2. The fourth-order valence-electron chi connectivity index (χ4n) is 1.23. The molecule has 1 aromatic carbocycles. The maximum absolute atomic E-state index is 8.80. The molecule has 14 heavy (non-hydrogen) atoms. The van der Waals surface area contributed by atoms with Gasteiger partial charge < -0.3 is 0 Å². The smallest absolute Gasteiger partial charge is 0.101 e. The summed E-state index contributed by atoms with van der Waals surface area (Å²) in [6.45, 7) is 0. The van der Waals surface area contributed by atoms with Gasteiger partial charge >= 0.3 is 0 Å². The van der Waals surface area contributed by atoms with E-state index in [0.29, 0.717) is 16.1 Å². The second kappa shape index (κ2) is 3.31. The van der Waals surface area contributed by atoms with E-state index in [0.717, 1.165) is 10.1 Å². The van der Waals surface area contributed by atoms with Crippen LogP contribution < -0.4 is 0 Å². The summed E-state index contributed by atoms with van der Waals surface area (Å²) in [5.74, 6) is 0. The van der Waals surface area contributed by atoms with E-state index >= 15 is 0 Å². The van der Waals surface area contributed by atoms with Crippen molar-refractivity contribution < 1.29 is 0 Å². The van der Waals surface area contributed by atoms with Gasteiger partial charge in [-0.3, -0.25) is 0 Å². The Morgan fingerprint density at radius 3 is 2.43 bits per heavy atom. The van der Waals surface area contributed by atoms with Crippen LogP contribution >= 0.6 is 22.9 Å². The van der Waals surface area contributed by atoms with E-state index in [1.165, 1.54) is 11.3 Å². The van der Waals surface area contributed by atoms with Crippen LogP contribution in [0.25, 0.3) is 10.1 Å². The summed E-state index contributed by atoms with van der Waals surface area (Å²) in [4.78, 5) is 0. The van der Waals surface area contributed by atoms with Crippen molar-refractivity contribution in [3.8, 4) is 12.1 Å². The van der Waals surface area contributed by atoms with E-state index in [-0.39, 0.29) is 0 Å². The van der Waals surface area contributed by atoms with Crippen molar-refractivity contribution in [1.29, 1.82) is 10.5 Å². The Morgan fingerprint density at radius 1 is 1.14 bits per heavy atom. The van der Waals surface area contributed by atoms with E-state index in [4.69, 9.17) is 22.1 Å². The van der Waals surface area contributed by atoms with Gasteiger partial charge in [0.15, 0.2) is 0 Å². The zero-order chi connectivity index (χ0) is 10.1. The van der Waals surface area contributed by atoms with Crippen molar-refractivity contribution in [2.45, 2.75) is 0 Å². The highest BCUT2D eigenvalue weighted by molar-refractivity contribution is 7.17. The lowest BCUT2D eigenvalue weighted by molar-refractivity contribution is 1.45. The van der Waals surface area contributed by atoms with Crippen molar-refractivity contribution in [3.63, 3.8) is 0 Å². The Morgan fingerprint density at radius 2 is 1.79 bits per heavy atom. The van der Waals surface area contributed by atoms with Gasteiger partial charge in [0.2, 0.25) is 0 Å². The summed E-state index contributed by atoms with van der Waals surface area (Å²) in [5, 5.41) is 20.9. The molecule has 2 aromatic rings. The molecule has 0 aliphatic carbocycles. The number of benzene rings is 1. The Hall–Kier alpha value is -1.55. The largest absolute Gasteiger partial charge is 0.192 e. The molecule has 2 rings (SSSR count). The molecule has 4 heteroatoms. The predicted molar refractivity (Wildman–Crippen MR) is 56.3 cm³/mol. The monoisotopic (exact) mass is 218 g/mol. The molecule has 0 saturated heterocycles. The Bertz CT molecular complexity index is 586. The molecule has 0 radical (unpaired) electrons. The fourth-order valence-corrected chi connectivity index (χ4v) is 2.41. The van der Waals surface area contributed by atoms with Gasteiger partial charge in [-0.15, -0.1) is 11.3 Å². The van der Waals surface area contributed by atoms with Gasteiger partial charge in [0, 0.05) is 15.5 Å². The number of hydrogen-bond acceptors (Lipinski definition) is 3. The van der Waals surface area contributed by atoms with Crippen LogP contribution in [0.2, 0.25) is 5.02 Å². The molecular formula is C10H3ClN2S. The number of fused-ring (bicyclic) bond motifs is 1. The Kier molecular flexibility index (Phi) is 2.13. The van der Waals surface area contributed by atoms with Crippen LogP contribution in [0.1, 0.15) is 11.1 Å². The van der Waals surface area contributed by atoms with Crippen molar-refractivity contribution in [1.82, 2.24) is 0 Å². The molecule has 0 bridgehead atoms. The van der Waals surface area contributed by atoms with E-state index < -0.39 is 0 Å². The summed E-state index contributed by atoms with van der Waals surface area (Å²) < 4.78 is 0.936. The first-order valence-electron chi connectivity index (χ1n) is 3.77. The van der Waals surface area contributed by atoms with Gasteiger partial charge in [-0.05, 0) is 12.1 Å². The summed E-state index contributed by atoms with van der Waals surface area (Å²) >= 11 is 7.39. The maximum Gasteiger partial charge on any atom is 0.101 e. The molecule has 0 aliphatic rings. The Balaban J connectivity index is 2.88. The molecule has 0 aliphatic heterocycles. The Labute approximate surface area is 89.6 Å². The molecule has 0 unspecified atom stereocenters. The third-order valence-corrected chi connectivity index (χ3v) is 3.29. The molecule has 0 amide bonds. The van der Waals surface area contributed by atoms with Gasteiger partial charge in [0.05, 0.1) is 16.1 Å². The summed E-state index contributed by atoms with van der Waals surface area (Å²) in [7, 11) is 0. The highest BCUT2D eigenvalue weighted by Crippen LogP contribution is 2.31. The molecular weight excluding hydrogens is 216 g/mol. The zero-order valence-corrected chi connectivity index (χ0v) is 8.49. The van der Waals surface area contributed by atoms with Crippen LogP contribution in [-0.4, -0.2) is 0 Å². The van der Waals surface area contributed by atoms with Gasteiger partial charge in [-0.1, -0.05) is 11.6 Å². The topological polar surface area (TPSA) is 47.6 Å². The quantitative estimate of drug-likeness (QED) is 0.681. The van der Waals surface area contributed by atoms with Gasteiger partial charge in [0.1, 0.15) is 12.1 Å². The molecule has 0 spiro atoms. The first-order chi connectivity index (χ1) is 6.76. The normalized spacial score (nSPS) is 9.64. The van der Waals surface area contributed by atoms with Crippen LogP contribution in [0, 0.1) is 22.7 Å². The lowest BCUT2D eigenvalue weighted by Gasteiger charge is -1.94. The minimum Gasteiger partial charge on any atom is -0.192 e. The number of thiophene rings is 1. The lowest BCUT2D eigenvalue weighted by Crippen LogP contribution is -1.82. The van der Waals surface area contributed by atoms with Crippen molar-refractivity contribution >= 4 is 33.0 Å². The maximum atomic E-state index is 8.80. The van der Waals surface area contributed by atoms with E-state index in [1.807, 2.05) is 12.1 Å². The highest BCUT2D eigenvalue weighted by atomic mass is 35.5. The van der Waals surface area contributed by atoms with Gasteiger partial charge in [-0.25, -0.2) is 0 Å². The minimum absolute atomic E-state index is 0.375. The standard InChI is InChI=1S/C10H3ClN2S/c11-9-5-14-10-2-7(4-13)6(3-12)1-8(9)10/h1-2,5H. The SMILES string of the molecule is N#Cc1cc2scc(Cl)c2cc1C#N. The van der Waals surface area contributed by atoms with E-state index in [9.17, 15) is 0 Å². The summed E-state index contributed by atoms with van der Waals surface area (Å²) in [6, 6.07) is 7.33. The molecule has 0 saturated carbocycles. The average molecular weight is 219 g/mol. The number of rotatable bonds is 0. The van der Waals surface area contributed by atoms with Crippen molar-refractivity contribution in [2.24, 2.45) is 0 Å². The van der Waals surface area contributed by atoms with Crippen LogP contribution in [-0.2, 0) is 0 Å². The molecule has 66 valence electrons. The lowest BCUT2D eigenvalue weighted by atomic mass is 10.1. The second-order valence-electron chi connectivity index (χ2n) is 2.70.